The molecule has 1 N–H and O–H groups in total. The Labute approximate surface area is 185 Å². The van der Waals surface area contributed by atoms with Crippen molar-refractivity contribution in [1.82, 2.24) is 5.09 Å². The number of rotatable bonds is 13. The van der Waals surface area contributed by atoms with E-state index in [1.807, 2.05) is 30.3 Å². The predicted octanol–water partition coefficient (Wildman–Crippen LogP) is 8.25. The monoisotopic (exact) mass is 427 g/mol. The van der Waals surface area contributed by atoms with E-state index < -0.39 is 7.29 Å². The van der Waals surface area contributed by atoms with Gasteiger partial charge in [0.05, 0.1) is 0 Å². The summed E-state index contributed by atoms with van der Waals surface area (Å²) in [5.74, 6) is 0. The molecule has 2 atom stereocenters. The van der Waals surface area contributed by atoms with Crippen LogP contribution in [-0.4, -0.2) is 5.16 Å². The summed E-state index contributed by atoms with van der Waals surface area (Å²) >= 11 is 0. The Hall–Kier alpha value is -1.37. The van der Waals surface area contributed by atoms with Crippen LogP contribution in [0, 0.1) is 0 Å². The second kappa shape index (κ2) is 12.5. The van der Waals surface area contributed by atoms with E-state index in [2.05, 4.69) is 63.1 Å². The van der Waals surface area contributed by atoms with Crippen LogP contribution in [0.3, 0.4) is 0 Å². The summed E-state index contributed by atoms with van der Waals surface area (Å²) in [7, 11) is -2.80. The molecule has 0 fully saturated rings. The van der Waals surface area contributed by atoms with Crippen molar-refractivity contribution in [3.63, 3.8) is 0 Å². The van der Waals surface area contributed by atoms with Crippen molar-refractivity contribution in [2.24, 2.45) is 0 Å². The molecule has 0 bridgehead atoms. The maximum Gasteiger partial charge on any atom is 0.181 e. The average molecular weight is 428 g/mol. The number of hydrogen-bond acceptors (Lipinski definition) is 1. The Balaban J connectivity index is 2.08. The molecule has 1 unspecified atom stereocenters. The van der Waals surface area contributed by atoms with E-state index in [0.717, 1.165) is 11.7 Å². The zero-order valence-electron chi connectivity index (χ0n) is 19.6. The summed E-state index contributed by atoms with van der Waals surface area (Å²) < 4.78 is 14.3. The Kier molecular flexibility index (Phi) is 10.4. The number of hydrogen-bond donors (Lipinski definition) is 1. The lowest BCUT2D eigenvalue weighted by atomic mass is 10.0. The van der Waals surface area contributed by atoms with Crippen LogP contribution in [0.5, 0.6) is 0 Å². The van der Waals surface area contributed by atoms with Gasteiger partial charge in [0.15, 0.2) is 7.29 Å². The van der Waals surface area contributed by atoms with Gasteiger partial charge in [0.1, 0.15) is 0 Å². The lowest BCUT2D eigenvalue weighted by Gasteiger charge is -2.36. The van der Waals surface area contributed by atoms with Crippen molar-refractivity contribution in [3.8, 4) is 0 Å². The highest BCUT2D eigenvalue weighted by atomic mass is 31.2. The van der Waals surface area contributed by atoms with Gasteiger partial charge in [-0.2, -0.15) is 0 Å². The van der Waals surface area contributed by atoms with Crippen LogP contribution in [0.4, 0.5) is 0 Å². The standard InChI is InChI=1S/C27H42NOP/c1-5-6-7-8-9-10-11-18-23-26(24-19-14-12-15-20-24)28-30(29,27(2,3)4)25-21-16-13-17-22-25/h12-17,19-22,26H,5-11,18,23H2,1-4H3,(H,28,29)/t26-,30?/m1/s1. The summed E-state index contributed by atoms with van der Waals surface area (Å²) in [6.45, 7) is 8.53. The molecule has 0 radical (unpaired) electrons. The normalized spacial score (nSPS) is 14.9. The van der Waals surface area contributed by atoms with Crippen molar-refractivity contribution in [2.45, 2.75) is 96.7 Å². The maximum atomic E-state index is 14.3. The molecule has 2 aromatic rings. The summed E-state index contributed by atoms with van der Waals surface area (Å²) in [6, 6.07) is 20.7. The van der Waals surface area contributed by atoms with Gasteiger partial charge in [0.25, 0.3) is 0 Å². The molecule has 0 aliphatic heterocycles. The van der Waals surface area contributed by atoms with Gasteiger partial charge in [-0.05, 0) is 12.0 Å². The Bertz CT molecular complexity index is 751. The molecule has 0 heterocycles. The smallest absolute Gasteiger partial charge is 0.181 e. The van der Waals surface area contributed by atoms with Gasteiger partial charge in [-0.1, -0.05) is 140 Å². The van der Waals surface area contributed by atoms with Gasteiger partial charge in [-0.15, -0.1) is 0 Å². The highest BCUT2D eigenvalue weighted by Crippen LogP contribution is 2.55. The van der Waals surface area contributed by atoms with E-state index in [1.54, 1.807) is 0 Å². The first-order chi connectivity index (χ1) is 14.4. The topological polar surface area (TPSA) is 29.1 Å². The molecular weight excluding hydrogens is 385 g/mol. The molecule has 0 amide bonds. The molecule has 0 aromatic heterocycles. The van der Waals surface area contributed by atoms with Crippen LogP contribution in [0.25, 0.3) is 0 Å². The van der Waals surface area contributed by atoms with E-state index in [4.69, 9.17) is 0 Å². The zero-order valence-corrected chi connectivity index (χ0v) is 20.5. The first-order valence-electron chi connectivity index (χ1n) is 11.9. The molecule has 0 spiro atoms. The third kappa shape index (κ3) is 7.40. The summed E-state index contributed by atoms with van der Waals surface area (Å²) in [4.78, 5) is 0. The van der Waals surface area contributed by atoms with Crippen LogP contribution >= 0.6 is 7.29 Å². The fourth-order valence-corrected chi connectivity index (χ4v) is 6.61. The fourth-order valence-electron chi connectivity index (χ4n) is 3.99. The molecule has 0 saturated heterocycles. The van der Waals surface area contributed by atoms with Gasteiger partial charge in [0, 0.05) is 16.5 Å². The van der Waals surface area contributed by atoms with Crippen LogP contribution in [0.1, 0.15) is 97.1 Å². The minimum Gasteiger partial charge on any atom is -0.301 e. The Morgan fingerprint density at radius 1 is 0.767 bits per heavy atom. The molecule has 2 aromatic carbocycles. The van der Waals surface area contributed by atoms with Crippen molar-refractivity contribution in [1.29, 1.82) is 0 Å². The van der Waals surface area contributed by atoms with Crippen LogP contribution in [-0.2, 0) is 4.57 Å². The highest BCUT2D eigenvalue weighted by Gasteiger charge is 2.39. The SMILES string of the molecule is CCCCCCCCCC[C@@H](NP(=O)(c1ccccc1)C(C)(C)C)c1ccccc1. The summed E-state index contributed by atoms with van der Waals surface area (Å²) in [6.07, 6.45) is 11.5. The third-order valence-corrected chi connectivity index (χ3v) is 9.54. The summed E-state index contributed by atoms with van der Waals surface area (Å²) in [5, 5.41) is 4.26. The molecule has 166 valence electrons. The molecular formula is C27H42NOP. The van der Waals surface area contributed by atoms with E-state index >= 15 is 0 Å². The average Bonchev–Trinajstić information content (AvgIpc) is 2.75. The first kappa shape index (κ1) is 24.9. The van der Waals surface area contributed by atoms with Crippen molar-refractivity contribution in [2.75, 3.05) is 0 Å². The first-order valence-corrected chi connectivity index (χ1v) is 13.6. The maximum absolute atomic E-state index is 14.3. The molecule has 2 nitrogen and oxygen atoms in total. The Morgan fingerprint density at radius 3 is 1.80 bits per heavy atom. The minimum atomic E-state index is -2.80. The molecule has 2 rings (SSSR count). The highest BCUT2D eigenvalue weighted by molar-refractivity contribution is 7.71. The van der Waals surface area contributed by atoms with Crippen molar-refractivity contribution in [3.05, 3.63) is 66.2 Å². The van der Waals surface area contributed by atoms with Gasteiger partial charge in [-0.3, -0.25) is 5.09 Å². The largest absolute Gasteiger partial charge is 0.301 e. The van der Waals surface area contributed by atoms with Gasteiger partial charge in [-0.25, -0.2) is 0 Å². The van der Waals surface area contributed by atoms with Gasteiger partial charge < -0.3 is 4.57 Å². The van der Waals surface area contributed by atoms with E-state index in [0.29, 0.717) is 0 Å². The van der Waals surface area contributed by atoms with Crippen molar-refractivity contribution >= 4 is 12.6 Å². The van der Waals surface area contributed by atoms with Gasteiger partial charge >= 0.3 is 0 Å². The van der Waals surface area contributed by atoms with Gasteiger partial charge in [0.2, 0.25) is 0 Å². The molecule has 0 aliphatic carbocycles. The number of unbranched alkanes of at least 4 members (excludes halogenated alkanes) is 7. The van der Waals surface area contributed by atoms with E-state index in [-0.39, 0.29) is 11.2 Å². The second-order valence-corrected chi connectivity index (χ2v) is 12.8. The lowest BCUT2D eigenvalue weighted by molar-refractivity contribution is 0.492. The van der Waals surface area contributed by atoms with Crippen LogP contribution in [0.15, 0.2) is 60.7 Å². The molecule has 0 saturated carbocycles. The lowest BCUT2D eigenvalue weighted by Crippen LogP contribution is -2.34. The van der Waals surface area contributed by atoms with Crippen LogP contribution < -0.4 is 10.4 Å². The minimum absolute atomic E-state index is 0.108. The third-order valence-electron chi connectivity index (χ3n) is 5.95. The Morgan fingerprint density at radius 2 is 1.27 bits per heavy atom. The van der Waals surface area contributed by atoms with E-state index in [9.17, 15) is 4.57 Å². The predicted molar refractivity (Wildman–Crippen MR) is 133 cm³/mol. The molecule has 3 heteroatoms. The van der Waals surface area contributed by atoms with Crippen LogP contribution in [0.2, 0.25) is 0 Å². The molecule has 0 aliphatic rings. The number of benzene rings is 2. The zero-order chi connectivity index (χ0) is 21.9. The molecule has 30 heavy (non-hydrogen) atoms. The van der Waals surface area contributed by atoms with E-state index in [1.165, 1.54) is 56.9 Å². The number of nitrogens with one attached hydrogen (secondary N) is 1. The second-order valence-electron chi connectivity index (χ2n) is 9.47. The fraction of sp³-hybridized carbons (Fsp3) is 0.556. The van der Waals surface area contributed by atoms with Crippen molar-refractivity contribution < 1.29 is 4.57 Å². The quantitative estimate of drug-likeness (QED) is 0.257. The summed E-state index contributed by atoms with van der Waals surface area (Å²) in [5.41, 5.74) is 1.24.